The molecular formula is C22H24ClN5O4. The molecule has 32 heavy (non-hydrogen) atoms. The first-order valence-electron chi connectivity index (χ1n) is 10.0. The van der Waals surface area contributed by atoms with Crippen LogP contribution in [0.3, 0.4) is 0 Å². The highest BCUT2D eigenvalue weighted by atomic mass is 35.5. The van der Waals surface area contributed by atoms with Crippen LogP contribution in [0.2, 0.25) is 5.02 Å². The van der Waals surface area contributed by atoms with Crippen molar-refractivity contribution < 1.29 is 19.1 Å². The molecular weight excluding hydrogens is 434 g/mol. The second-order valence-corrected chi connectivity index (χ2v) is 7.42. The lowest BCUT2D eigenvalue weighted by Crippen LogP contribution is -2.28. The first kappa shape index (κ1) is 23.4. The van der Waals surface area contributed by atoms with Crippen LogP contribution in [0.25, 0.3) is 0 Å². The molecule has 2 amide bonds. The third kappa shape index (κ3) is 6.35. The van der Waals surface area contributed by atoms with E-state index in [0.717, 1.165) is 6.42 Å². The molecule has 9 nitrogen and oxygen atoms in total. The summed E-state index contributed by atoms with van der Waals surface area (Å²) < 4.78 is 10.4. The van der Waals surface area contributed by atoms with E-state index in [2.05, 4.69) is 26.9 Å². The number of methoxy groups -OCH3 is 1. The van der Waals surface area contributed by atoms with E-state index in [0.29, 0.717) is 42.6 Å². The van der Waals surface area contributed by atoms with E-state index in [4.69, 9.17) is 21.1 Å². The summed E-state index contributed by atoms with van der Waals surface area (Å²) >= 11 is 6.04. The summed E-state index contributed by atoms with van der Waals surface area (Å²) in [5.41, 5.74) is 1.16. The first-order valence-corrected chi connectivity index (χ1v) is 10.4. The monoisotopic (exact) mass is 457 g/mol. The first-order chi connectivity index (χ1) is 15.5. The second-order valence-electron chi connectivity index (χ2n) is 7.01. The number of aliphatic imine (C=N–C) groups is 1. The van der Waals surface area contributed by atoms with Gasteiger partial charge in [0.2, 0.25) is 11.8 Å². The number of halogens is 1. The lowest BCUT2D eigenvalue weighted by Gasteiger charge is -2.16. The van der Waals surface area contributed by atoms with Crippen molar-refractivity contribution in [2.75, 3.05) is 38.7 Å². The quantitative estimate of drug-likeness (QED) is 0.352. The number of likely N-dealkylation sites (tertiary alicyclic amines) is 1. The van der Waals surface area contributed by atoms with Crippen LogP contribution in [0.1, 0.15) is 16.8 Å². The van der Waals surface area contributed by atoms with Gasteiger partial charge in [0.15, 0.2) is 0 Å². The van der Waals surface area contributed by atoms with Gasteiger partial charge in [-0.15, -0.1) is 0 Å². The Balaban J connectivity index is 1.56. The Morgan fingerprint density at radius 1 is 1.34 bits per heavy atom. The minimum Gasteiger partial charge on any atom is -0.474 e. The summed E-state index contributed by atoms with van der Waals surface area (Å²) in [6, 6.07) is 6.76. The molecule has 3 rings (SSSR count). The van der Waals surface area contributed by atoms with E-state index in [1.807, 2.05) is 0 Å². The molecule has 0 spiro atoms. The number of nitrogens with zero attached hydrogens (tertiary/aromatic N) is 4. The van der Waals surface area contributed by atoms with Crippen LogP contribution in [-0.4, -0.2) is 66.3 Å². The number of hydrogen-bond acceptors (Lipinski definition) is 7. The van der Waals surface area contributed by atoms with Gasteiger partial charge >= 0.3 is 0 Å². The van der Waals surface area contributed by atoms with Crippen LogP contribution in [0.15, 0.2) is 48.1 Å². The maximum Gasteiger partial charge on any atom is 0.253 e. The van der Waals surface area contributed by atoms with Gasteiger partial charge in [0.25, 0.3) is 11.9 Å². The van der Waals surface area contributed by atoms with Crippen LogP contribution in [0.4, 0.5) is 11.6 Å². The Kier molecular flexibility index (Phi) is 8.29. The summed E-state index contributed by atoms with van der Waals surface area (Å²) in [7, 11) is 1.58. The number of rotatable bonds is 9. The number of hydrogen-bond donors (Lipinski definition) is 1. The molecule has 2 heterocycles. The molecule has 0 aliphatic carbocycles. The van der Waals surface area contributed by atoms with Gasteiger partial charge in [-0.25, -0.2) is 9.98 Å². The van der Waals surface area contributed by atoms with Gasteiger partial charge in [0.1, 0.15) is 11.6 Å². The summed E-state index contributed by atoms with van der Waals surface area (Å²) in [5, 5.41) is 2.95. The fourth-order valence-electron chi connectivity index (χ4n) is 3.07. The molecule has 168 valence electrons. The molecule has 1 saturated heterocycles. The molecule has 2 aromatic rings. The number of benzene rings is 1. The van der Waals surface area contributed by atoms with Crippen molar-refractivity contribution in [2.24, 2.45) is 10.9 Å². The number of carbonyl (C=O) groups is 2. The summed E-state index contributed by atoms with van der Waals surface area (Å²) in [6.45, 7) is 5.31. The number of amides is 2. The van der Waals surface area contributed by atoms with Gasteiger partial charge in [-0.1, -0.05) is 18.2 Å². The van der Waals surface area contributed by atoms with Crippen LogP contribution < -0.4 is 10.1 Å². The molecule has 1 aromatic heterocycles. The Hall–Kier alpha value is -3.30. The molecule has 0 bridgehead atoms. The van der Waals surface area contributed by atoms with Crippen molar-refractivity contribution in [2.45, 2.75) is 6.42 Å². The highest BCUT2D eigenvalue weighted by Gasteiger charge is 2.26. The lowest BCUT2D eigenvalue weighted by atomic mass is 10.1. The highest BCUT2D eigenvalue weighted by molar-refractivity contribution is 6.31. The average Bonchev–Trinajstić information content (AvgIpc) is 3.28. The van der Waals surface area contributed by atoms with Crippen LogP contribution in [0, 0.1) is 5.92 Å². The molecule has 0 radical (unpaired) electrons. The van der Waals surface area contributed by atoms with Crippen molar-refractivity contribution in [1.29, 1.82) is 0 Å². The second kappa shape index (κ2) is 11.4. The summed E-state index contributed by atoms with van der Waals surface area (Å²) in [6.07, 6.45) is 5.17. The fourth-order valence-corrected chi connectivity index (χ4v) is 3.21. The Bertz CT molecular complexity index is 996. The Morgan fingerprint density at radius 3 is 2.84 bits per heavy atom. The molecule has 1 aliphatic heterocycles. The Labute approximate surface area is 191 Å². The zero-order valence-corrected chi connectivity index (χ0v) is 18.4. The molecule has 1 unspecified atom stereocenters. The molecule has 1 aromatic carbocycles. The van der Waals surface area contributed by atoms with Crippen molar-refractivity contribution in [3.8, 4) is 5.88 Å². The standard InChI is InChI=1S/C22H24ClN5O4/c1-3-19(29)26-17-6-4-16(5-7-17)21(30)28-9-8-15(14-28)12-24-22-25-13-18(23)20(27-22)32-11-10-31-2/h3-7,12-13,15H,1,8-11,14H2,2H3,(H,26,29). The van der Waals surface area contributed by atoms with E-state index in [9.17, 15) is 9.59 Å². The van der Waals surface area contributed by atoms with Crippen LogP contribution in [0.5, 0.6) is 5.88 Å². The maximum absolute atomic E-state index is 12.8. The van der Waals surface area contributed by atoms with E-state index in [-0.39, 0.29) is 29.6 Å². The van der Waals surface area contributed by atoms with Gasteiger partial charge in [-0.05, 0) is 36.8 Å². The maximum atomic E-state index is 12.8. The van der Waals surface area contributed by atoms with Gasteiger partial charge < -0.3 is 19.7 Å². The minimum absolute atomic E-state index is 0.0703. The summed E-state index contributed by atoms with van der Waals surface area (Å²) in [4.78, 5) is 38.5. The van der Waals surface area contributed by atoms with Crippen LogP contribution in [-0.2, 0) is 9.53 Å². The predicted octanol–water partition coefficient (Wildman–Crippen LogP) is 3.14. The topological polar surface area (TPSA) is 106 Å². The lowest BCUT2D eigenvalue weighted by molar-refractivity contribution is -0.111. The fraction of sp³-hybridized carbons (Fsp3) is 0.318. The normalized spacial score (nSPS) is 15.7. The average molecular weight is 458 g/mol. The molecule has 1 fully saturated rings. The molecule has 1 atom stereocenters. The van der Waals surface area contributed by atoms with E-state index in [1.165, 1.54) is 12.3 Å². The van der Waals surface area contributed by atoms with Gasteiger partial charge in [-0.2, -0.15) is 4.98 Å². The molecule has 1 N–H and O–H groups in total. The highest BCUT2D eigenvalue weighted by Crippen LogP contribution is 2.24. The van der Waals surface area contributed by atoms with Crippen LogP contribution >= 0.6 is 11.6 Å². The number of ether oxygens (including phenoxy) is 2. The zero-order chi connectivity index (χ0) is 22.9. The third-order valence-corrected chi connectivity index (χ3v) is 4.98. The van der Waals surface area contributed by atoms with Gasteiger partial charge in [0, 0.05) is 43.6 Å². The zero-order valence-electron chi connectivity index (χ0n) is 17.7. The third-order valence-electron chi connectivity index (χ3n) is 4.72. The number of nitrogens with one attached hydrogen (secondary N) is 1. The van der Waals surface area contributed by atoms with Crippen molar-refractivity contribution in [1.82, 2.24) is 14.9 Å². The van der Waals surface area contributed by atoms with Gasteiger partial charge in [0.05, 0.1) is 12.8 Å². The molecule has 1 aliphatic rings. The largest absolute Gasteiger partial charge is 0.474 e. The predicted molar refractivity (Wildman–Crippen MR) is 122 cm³/mol. The molecule has 10 heteroatoms. The number of anilines is 1. The number of carbonyl (C=O) groups excluding carboxylic acids is 2. The van der Waals surface area contributed by atoms with Crippen molar-refractivity contribution in [3.63, 3.8) is 0 Å². The van der Waals surface area contributed by atoms with Crippen molar-refractivity contribution in [3.05, 3.63) is 53.7 Å². The van der Waals surface area contributed by atoms with E-state index < -0.39 is 0 Å². The SMILES string of the molecule is C=CC(=O)Nc1ccc(C(=O)N2CCC(C=Nc3ncc(Cl)c(OCCOC)n3)C2)cc1. The smallest absolute Gasteiger partial charge is 0.253 e. The Morgan fingerprint density at radius 2 is 2.12 bits per heavy atom. The van der Waals surface area contributed by atoms with E-state index in [1.54, 1.807) is 42.5 Å². The molecule has 0 saturated carbocycles. The number of aromatic nitrogens is 2. The van der Waals surface area contributed by atoms with E-state index >= 15 is 0 Å². The minimum atomic E-state index is -0.302. The van der Waals surface area contributed by atoms with Crippen molar-refractivity contribution >= 4 is 41.3 Å². The summed E-state index contributed by atoms with van der Waals surface area (Å²) in [5.74, 6) is 0.205. The van der Waals surface area contributed by atoms with Gasteiger partial charge in [-0.3, -0.25) is 9.59 Å².